The molecule has 1 N–H and O–H groups in total. The number of ether oxygens (including phenoxy) is 1. The Hall–Kier alpha value is -2.06. The molecule has 1 aromatic rings. The molecule has 0 heterocycles. The molecule has 7 nitrogen and oxygen atoms in total. The molecule has 0 aromatic heterocycles. The maximum absolute atomic E-state index is 13.3. The second kappa shape index (κ2) is 6.62. The molecule has 0 aliphatic rings. The minimum Gasteiger partial charge on any atom is -0.382 e. The molecule has 0 aliphatic heterocycles. The van der Waals surface area contributed by atoms with Crippen LogP contribution in [0.3, 0.4) is 0 Å². The summed E-state index contributed by atoms with van der Waals surface area (Å²) < 4.78 is 18.0. The van der Waals surface area contributed by atoms with Gasteiger partial charge in [0.2, 0.25) is 0 Å². The van der Waals surface area contributed by atoms with E-state index in [2.05, 4.69) is 9.57 Å². The Morgan fingerprint density at radius 3 is 2.83 bits per heavy atom. The van der Waals surface area contributed by atoms with Crippen LogP contribution in [0.5, 0.6) is 0 Å². The summed E-state index contributed by atoms with van der Waals surface area (Å²) in [6.07, 6.45) is 0. The number of methoxy groups -OCH3 is 1. The smallest absolute Gasteiger partial charge is 0.278 e. The standard InChI is InChI=1S/C10H11FN2O5/c1-17-4-5-18-12-10(14)8-6-7(13(15)16)2-3-9(8)11/h2-3,6H,4-5H2,1H3,(H,12,14). The lowest BCUT2D eigenvalue weighted by Gasteiger charge is -2.06. The molecule has 0 bridgehead atoms. The Balaban J connectivity index is 2.72. The van der Waals surface area contributed by atoms with Crippen LogP contribution in [-0.4, -0.2) is 31.2 Å². The quantitative estimate of drug-likeness (QED) is 0.467. The molecule has 1 aromatic carbocycles. The fourth-order valence-corrected chi connectivity index (χ4v) is 1.10. The zero-order chi connectivity index (χ0) is 13.5. The number of nitrogens with zero attached hydrogens (tertiary/aromatic N) is 1. The van der Waals surface area contributed by atoms with E-state index in [0.29, 0.717) is 0 Å². The summed E-state index contributed by atoms with van der Waals surface area (Å²) in [5.41, 5.74) is 1.13. The van der Waals surface area contributed by atoms with Gasteiger partial charge < -0.3 is 4.74 Å². The lowest BCUT2D eigenvalue weighted by atomic mass is 10.2. The number of rotatable bonds is 6. The molecule has 0 radical (unpaired) electrons. The van der Waals surface area contributed by atoms with Gasteiger partial charge in [-0.05, 0) is 6.07 Å². The number of non-ortho nitro benzene ring substituents is 1. The van der Waals surface area contributed by atoms with Gasteiger partial charge in [-0.1, -0.05) is 0 Å². The molecular formula is C10H11FN2O5. The van der Waals surface area contributed by atoms with Crippen LogP contribution in [0.25, 0.3) is 0 Å². The molecule has 0 aliphatic carbocycles. The topological polar surface area (TPSA) is 90.7 Å². The number of hydrogen-bond acceptors (Lipinski definition) is 5. The highest BCUT2D eigenvalue weighted by molar-refractivity contribution is 5.94. The number of nitro groups is 1. The van der Waals surface area contributed by atoms with Crippen LogP contribution in [0, 0.1) is 15.9 Å². The largest absolute Gasteiger partial charge is 0.382 e. The molecule has 0 atom stereocenters. The van der Waals surface area contributed by atoms with Crippen molar-refractivity contribution in [1.29, 1.82) is 0 Å². The Morgan fingerprint density at radius 2 is 2.22 bits per heavy atom. The van der Waals surface area contributed by atoms with E-state index in [4.69, 9.17) is 0 Å². The number of halogens is 1. The number of nitrogens with one attached hydrogen (secondary N) is 1. The van der Waals surface area contributed by atoms with Crippen molar-refractivity contribution in [3.8, 4) is 0 Å². The van der Waals surface area contributed by atoms with E-state index in [1.165, 1.54) is 7.11 Å². The van der Waals surface area contributed by atoms with E-state index in [1.54, 1.807) is 0 Å². The maximum Gasteiger partial charge on any atom is 0.278 e. The van der Waals surface area contributed by atoms with E-state index in [1.807, 2.05) is 5.48 Å². The molecule has 0 unspecified atom stereocenters. The first-order valence-corrected chi connectivity index (χ1v) is 4.91. The maximum atomic E-state index is 13.3. The molecule has 0 saturated carbocycles. The van der Waals surface area contributed by atoms with Crippen LogP contribution >= 0.6 is 0 Å². The second-order valence-electron chi connectivity index (χ2n) is 3.19. The van der Waals surface area contributed by atoms with Gasteiger partial charge in [-0.2, -0.15) is 0 Å². The summed E-state index contributed by atoms with van der Waals surface area (Å²) in [4.78, 5) is 25.9. The molecule has 18 heavy (non-hydrogen) atoms. The van der Waals surface area contributed by atoms with Crippen LogP contribution in [0.1, 0.15) is 10.4 Å². The van der Waals surface area contributed by atoms with Crippen molar-refractivity contribution >= 4 is 11.6 Å². The summed E-state index contributed by atoms with van der Waals surface area (Å²) in [7, 11) is 1.45. The predicted molar refractivity (Wildman–Crippen MR) is 58.3 cm³/mol. The Morgan fingerprint density at radius 1 is 1.50 bits per heavy atom. The first kappa shape index (κ1) is 14.0. The molecular weight excluding hydrogens is 247 g/mol. The van der Waals surface area contributed by atoms with Gasteiger partial charge in [-0.15, -0.1) is 0 Å². The lowest BCUT2D eigenvalue weighted by molar-refractivity contribution is -0.384. The molecule has 0 saturated heterocycles. The number of hydrogen-bond donors (Lipinski definition) is 1. The van der Waals surface area contributed by atoms with Crippen molar-refractivity contribution in [1.82, 2.24) is 5.48 Å². The monoisotopic (exact) mass is 258 g/mol. The highest BCUT2D eigenvalue weighted by Crippen LogP contribution is 2.16. The second-order valence-corrected chi connectivity index (χ2v) is 3.19. The molecule has 1 rings (SSSR count). The lowest BCUT2D eigenvalue weighted by Crippen LogP contribution is -2.26. The van der Waals surface area contributed by atoms with E-state index in [-0.39, 0.29) is 18.9 Å². The summed E-state index contributed by atoms with van der Waals surface area (Å²) >= 11 is 0. The van der Waals surface area contributed by atoms with Crippen LogP contribution in [0.15, 0.2) is 18.2 Å². The van der Waals surface area contributed by atoms with E-state index >= 15 is 0 Å². The summed E-state index contributed by atoms with van der Waals surface area (Å²) in [6.45, 7) is 0.330. The van der Waals surface area contributed by atoms with E-state index < -0.39 is 22.2 Å². The summed E-state index contributed by atoms with van der Waals surface area (Å²) in [5, 5.41) is 10.5. The highest BCUT2D eigenvalue weighted by atomic mass is 19.1. The van der Waals surface area contributed by atoms with E-state index in [0.717, 1.165) is 18.2 Å². The van der Waals surface area contributed by atoms with Crippen molar-refractivity contribution in [2.45, 2.75) is 0 Å². The predicted octanol–water partition coefficient (Wildman–Crippen LogP) is 1.04. The Bertz CT molecular complexity index is 452. The minimum absolute atomic E-state index is 0.0821. The normalized spacial score (nSPS) is 10.1. The Labute approximate surface area is 102 Å². The van der Waals surface area contributed by atoms with Crippen LogP contribution in [0.4, 0.5) is 10.1 Å². The van der Waals surface area contributed by atoms with E-state index in [9.17, 15) is 19.3 Å². The molecule has 98 valence electrons. The fraction of sp³-hybridized carbons (Fsp3) is 0.300. The van der Waals surface area contributed by atoms with Crippen molar-refractivity contribution in [3.05, 3.63) is 39.7 Å². The van der Waals surface area contributed by atoms with Crippen LogP contribution in [-0.2, 0) is 9.57 Å². The van der Waals surface area contributed by atoms with Crippen molar-refractivity contribution in [2.75, 3.05) is 20.3 Å². The van der Waals surface area contributed by atoms with Gasteiger partial charge in [0.15, 0.2) is 0 Å². The number of carbonyl (C=O) groups excluding carboxylic acids is 1. The molecule has 0 fully saturated rings. The Kier molecular flexibility index (Phi) is 5.15. The van der Waals surface area contributed by atoms with Gasteiger partial charge >= 0.3 is 0 Å². The van der Waals surface area contributed by atoms with Crippen LogP contribution in [0.2, 0.25) is 0 Å². The number of carbonyl (C=O) groups is 1. The molecule has 8 heteroatoms. The summed E-state index contributed by atoms with van der Waals surface area (Å²) in [6, 6.07) is 2.66. The first-order valence-electron chi connectivity index (χ1n) is 4.91. The number of nitro benzene ring substituents is 1. The molecule has 1 amide bonds. The zero-order valence-corrected chi connectivity index (χ0v) is 9.51. The number of hydroxylamine groups is 1. The third-order valence-electron chi connectivity index (χ3n) is 1.96. The average Bonchev–Trinajstić information content (AvgIpc) is 2.34. The molecule has 0 spiro atoms. The van der Waals surface area contributed by atoms with Gasteiger partial charge in [0.25, 0.3) is 11.6 Å². The summed E-state index contributed by atoms with van der Waals surface area (Å²) in [5.74, 6) is -1.76. The highest BCUT2D eigenvalue weighted by Gasteiger charge is 2.16. The SMILES string of the molecule is COCCONC(=O)c1cc([N+](=O)[O-])ccc1F. The van der Waals surface area contributed by atoms with Gasteiger partial charge in [-0.3, -0.25) is 19.7 Å². The third-order valence-corrected chi connectivity index (χ3v) is 1.96. The third kappa shape index (κ3) is 3.75. The zero-order valence-electron chi connectivity index (χ0n) is 9.51. The van der Waals surface area contributed by atoms with Crippen molar-refractivity contribution in [2.24, 2.45) is 0 Å². The van der Waals surface area contributed by atoms with Gasteiger partial charge in [0.05, 0.1) is 23.7 Å². The minimum atomic E-state index is -0.896. The number of benzene rings is 1. The van der Waals surface area contributed by atoms with Crippen molar-refractivity contribution < 1.29 is 23.7 Å². The average molecular weight is 258 g/mol. The number of amides is 1. The van der Waals surface area contributed by atoms with Crippen molar-refractivity contribution in [3.63, 3.8) is 0 Å². The fourth-order valence-electron chi connectivity index (χ4n) is 1.10. The van der Waals surface area contributed by atoms with Gasteiger partial charge in [0.1, 0.15) is 5.82 Å². The first-order chi connectivity index (χ1) is 8.56. The van der Waals surface area contributed by atoms with Crippen LogP contribution < -0.4 is 5.48 Å². The van der Waals surface area contributed by atoms with Gasteiger partial charge in [0, 0.05) is 19.2 Å². The van der Waals surface area contributed by atoms with Gasteiger partial charge in [-0.25, -0.2) is 9.87 Å².